The molecule has 3 aromatic carbocycles. The maximum Gasteiger partial charge on any atom is 0.265 e. The van der Waals surface area contributed by atoms with E-state index in [9.17, 15) is 9.59 Å². The molecule has 2 amide bonds. The maximum absolute atomic E-state index is 12.5. The Hall–Kier alpha value is -3.22. The Morgan fingerprint density at radius 1 is 1.06 bits per heavy atom. The average Bonchev–Trinajstić information content (AvgIpc) is 2.80. The zero-order valence-corrected chi connectivity index (χ0v) is 19.2. The first-order valence-electron chi connectivity index (χ1n) is 10.5. The topological polar surface area (TPSA) is 67.9 Å². The number of rotatable bonds is 8. The highest BCUT2D eigenvalue weighted by Crippen LogP contribution is 2.35. The van der Waals surface area contributed by atoms with Gasteiger partial charge in [0, 0.05) is 17.1 Å². The minimum atomic E-state index is -0.154. The van der Waals surface area contributed by atoms with Crippen LogP contribution in [-0.4, -0.2) is 25.0 Å². The SMILES string of the molecule is O=C(CCCOc1ccc(Cl)cc1Cl)Nc1ccc2c(c1)N(Cc1ccccc1)C(=O)CO2. The van der Waals surface area contributed by atoms with Gasteiger partial charge in [0.15, 0.2) is 6.61 Å². The van der Waals surface area contributed by atoms with Crippen molar-refractivity contribution in [2.75, 3.05) is 23.4 Å². The van der Waals surface area contributed by atoms with E-state index in [1.165, 1.54) is 0 Å². The molecule has 1 heterocycles. The van der Waals surface area contributed by atoms with Gasteiger partial charge in [0.05, 0.1) is 23.9 Å². The standard InChI is InChI=1S/C25H22Cl2N2O4/c26-18-8-10-22(20(27)13-18)32-12-4-7-24(30)28-19-9-11-23-21(14-19)29(25(31)16-33-23)15-17-5-2-1-3-6-17/h1-3,5-6,8-11,13-14H,4,7,12,15-16H2,(H,28,30). The summed E-state index contributed by atoms with van der Waals surface area (Å²) in [7, 11) is 0. The van der Waals surface area contributed by atoms with Crippen molar-refractivity contribution in [3.63, 3.8) is 0 Å². The van der Waals surface area contributed by atoms with Crippen LogP contribution >= 0.6 is 23.2 Å². The molecule has 0 saturated heterocycles. The number of ether oxygens (including phenoxy) is 2. The smallest absolute Gasteiger partial charge is 0.265 e. The van der Waals surface area contributed by atoms with Crippen LogP contribution in [0, 0.1) is 0 Å². The van der Waals surface area contributed by atoms with E-state index in [1.807, 2.05) is 30.3 Å². The lowest BCUT2D eigenvalue weighted by Gasteiger charge is -2.30. The van der Waals surface area contributed by atoms with E-state index in [1.54, 1.807) is 41.3 Å². The molecule has 0 atom stereocenters. The van der Waals surface area contributed by atoms with Crippen molar-refractivity contribution in [2.24, 2.45) is 0 Å². The summed E-state index contributed by atoms with van der Waals surface area (Å²) < 4.78 is 11.2. The summed E-state index contributed by atoms with van der Waals surface area (Å²) in [6, 6.07) is 20.0. The highest BCUT2D eigenvalue weighted by atomic mass is 35.5. The number of halogens is 2. The largest absolute Gasteiger partial charge is 0.492 e. The van der Waals surface area contributed by atoms with Crippen LogP contribution in [0.1, 0.15) is 18.4 Å². The molecule has 0 saturated carbocycles. The number of amides is 2. The molecule has 33 heavy (non-hydrogen) atoms. The van der Waals surface area contributed by atoms with E-state index >= 15 is 0 Å². The summed E-state index contributed by atoms with van der Waals surface area (Å²) in [6.07, 6.45) is 0.781. The first-order chi connectivity index (χ1) is 16.0. The second-order valence-electron chi connectivity index (χ2n) is 7.51. The van der Waals surface area contributed by atoms with Gasteiger partial charge in [0.1, 0.15) is 11.5 Å². The number of hydrogen-bond donors (Lipinski definition) is 1. The van der Waals surface area contributed by atoms with Gasteiger partial charge in [0.25, 0.3) is 5.91 Å². The van der Waals surface area contributed by atoms with Gasteiger partial charge in [-0.15, -0.1) is 0 Å². The van der Waals surface area contributed by atoms with Crippen LogP contribution in [0.3, 0.4) is 0 Å². The fraction of sp³-hybridized carbons (Fsp3) is 0.200. The van der Waals surface area contributed by atoms with Crippen molar-refractivity contribution in [1.82, 2.24) is 0 Å². The summed E-state index contributed by atoms with van der Waals surface area (Å²) in [4.78, 5) is 26.6. The zero-order chi connectivity index (χ0) is 23.2. The van der Waals surface area contributed by atoms with Crippen LogP contribution in [0.5, 0.6) is 11.5 Å². The van der Waals surface area contributed by atoms with E-state index in [2.05, 4.69) is 5.32 Å². The second-order valence-corrected chi connectivity index (χ2v) is 8.36. The molecule has 4 rings (SSSR count). The fourth-order valence-corrected chi connectivity index (χ4v) is 3.91. The number of carbonyl (C=O) groups excluding carboxylic acids is 2. The summed E-state index contributed by atoms with van der Waals surface area (Å²) >= 11 is 12.0. The summed E-state index contributed by atoms with van der Waals surface area (Å²) in [5.41, 5.74) is 2.24. The van der Waals surface area contributed by atoms with E-state index < -0.39 is 0 Å². The molecule has 0 aliphatic carbocycles. The number of carbonyl (C=O) groups is 2. The number of anilines is 2. The normalized spacial score (nSPS) is 12.7. The third kappa shape index (κ3) is 5.97. The van der Waals surface area contributed by atoms with E-state index in [4.69, 9.17) is 32.7 Å². The van der Waals surface area contributed by atoms with Gasteiger partial charge in [-0.25, -0.2) is 0 Å². The van der Waals surface area contributed by atoms with Crippen LogP contribution < -0.4 is 19.7 Å². The van der Waals surface area contributed by atoms with Gasteiger partial charge in [0.2, 0.25) is 5.91 Å². The molecule has 0 spiro atoms. The summed E-state index contributed by atoms with van der Waals surface area (Å²) in [6.45, 7) is 0.757. The molecule has 1 N–H and O–H groups in total. The highest BCUT2D eigenvalue weighted by Gasteiger charge is 2.26. The van der Waals surface area contributed by atoms with Gasteiger partial charge in [-0.05, 0) is 48.4 Å². The molecule has 3 aromatic rings. The number of hydrogen-bond acceptors (Lipinski definition) is 4. The van der Waals surface area contributed by atoms with Crippen molar-refractivity contribution >= 4 is 46.4 Å². The molecule has 1 aliphatic rings. The Morgan fingerprint density at radius 3 is 2.67 bits per heavy atom. The molecular weight excluding hydrogens is 463 g/mol. The molecule has 170 valence electrons. The van der Waals surface area contributed by atoms with Crippen LogP contribution in [0.25, 0.3) is 0 Å². The number of benzene rings is 3. The quantitative estimate of drug-likeness (QED) is 0.415. The highest BCUT2D eigenvalue weighted by molar-refractivity contribution is 6.35. The monoisotopic (exact) mass is 484 g/mol. The molecule has 0 unspecified atom stereocenters. The minimum absolute atomic E-state index is 0.0107. The number of fused-ring (bicyclic) bond motifs is 1. The first kappa shape index (κ1) is 23.0. The summed E-state index contributed by atoms with van der Waals surface area (Å²) in [5, 5.41) is 3.84. The maximum atomic E-state index is 12.5. The zero-order valence-electron chi connectivity index (χ0n) is 17.7. The molecule has 0 fully saturated rings. The van der Waals surface area contributed by atoms with Crippen LogP contribution in [0.15, 0.2) is 66.7 Å². The lowest BCUT2D eigenvalue weighted by atomic mass is 10.1. The van der Waals surface area contributed by atoms with Crippen molar-refractivity contribution in [3.8, 4) is 11.5 Å². The lowest BCUT2D eigenvalue weighted by molar-refractivity contribution is -0.121. The molecule has 8 heteroatoms. The molecule has 0 aromatic heterocycles. The van der Waals surface area contributed by atoms with E-state index in [0.717, 1.165) is 5.56 Å². The Balaban J connectivity index is 1.35. The van der Waals surface area contributed by atoms with Crippen LogP contribution in [0.2, 0.25) is 10.0 Å². The van der Waals surface area contributed by atoms with Gasteiger partial charge in [-0.2, -0.15) is 0 Å². The van der Waals surface area contributed by atoms with Gasteiger partial charge in [-0.1, -0.05) is 53.5 Å². The Labute approximate surface area is 202 Å². The predicted molar refractivity (Wildman–Crippen MR) is 129 cm³/mol. The third-order valence-electron chi connectivity index (χ3n) is 5.07. The first-order valence-corrected chi connectivity index (χ1v) is 11.2. The van der Waals surface area contributed by atoms with Crippen LogP contribution in [0.4, 0.5) is 11.4 Å². The molecular formula is C25H22Cl2N2O4. The minimum Gasteiger partial charge on any atom is -0.492 e. The van der Waals surface area contributed by atoms with E-state index in [0.29, 0.717) is 52.5 Å². The number of nitrogens with one attached hydrogen (secondary N) is 1. The average molecular weight is 485 g/mol. The second kappa shape index (κ2) is 10.6. The Kier molecular flexibility index (Phi) is 7.37. The summed E-state index contributed by atoms with van der Waals surface area (Å²) in [5.74, 6) is 0.849. The predicted octanol–water partition coefficient (Wildman–Crippen LogP) is 5.72. The number of nitrogens with zero attached hydrogens (tertiary/aromatic N) is 1. The Morgan fingerprint density at radius 2 is 1.88 bits per heavy atom. The van der Waals surface area contributed by atoms with Gasteiger partial charge >= 0.3 is 0 Å². The molecule has 6 nitrogen and oxygen atoms in total. The third-order valence-corrected chi connectivity index (χ3v) is 5.60. The van der Waals surface area contributed by atoms with Crippen LogP contribution in [-0.2, 0) is 16.1 Å². The molecule has 1 aliphatic heterocycles. The molecule has 0 bridgehead atoms. The van der Waals surface area contributed by atoms with Crippen molar-refractivity contribution < 1.29 is 19.1 Å². The molecule has 0 radical (unpaired) electrons. The van der Waals surface area contributed by atoms with Crippen molar-refractivity contribution in [1.29, 1.82) is 0 Å². The Bertz CT molecular complexity index is 1150. The van der Waals surface area contributed by atoms with Gasteiger partial charge in [-0.3, -0.25) is 9.59 Å². The lowest BCUT2D eigenvalue weighted by Crippen LogP contribution is -2.38. The van der Waals surface area contributed by atoms with Crippen molar-refractivity contribution in [3.05, 3.63) is 82.3 Å². The van der Waals surface area contributed by atoms with Gasteiger partial charge < -0.3 is 19.7 Å². The van der Waals surface area contributed by atoms with Crippen molar-refractivity contribution in [2.45, 2.75) is 19.4 Å². The van der Waals surface area contributed by atoms with E-state index in [-0.39, 0.29) is 24.8 Å². The fourth-order valence-electron chi connectivity index (χ4n) is 3.45.